The first-order valence-electron chi connectivity index (χ1n) is 11.5. The van der Waals surface area contributed by atoms with Crippen molar-refractivity contribution in [3.05, 3.63) is 64.4 Å². The highest BCUT2D eigenvalue weighted by Gasteiger charge is 2.31. The molecule has 2 aromatic rings. The molecule has 0 fully saturated rings. The number of carbonyl (C=O) groups excluding carboxylic acids is 2. The molecule has 7 nitrogen and oxygen atoms in total. The van der Waals surface area contributed by atoms with Crippen LogP contribution in [0, 0.1) is 12.7 Å². The van der Waals surface area contributed by atoms with E-state index in [0.717, 1.165) is 46.7 Å². The standard InChI is InChI=1S/C25H33ClFN3O4S/c1-5-7-14-28-25(32)23(6-2)29(16-19-10-8-18(3)9-11-19)24(31)17-30(35(4,33)34)20-12-13-22(27)21(26)15-20/h8-13,15,23H,5-7,14,16-17H2,1-4H3,(H,28,32)/t23-/m1/s1. The summed E-state index contributed by atoms with van der Waals surface area (Å²) in [6, 6.07) is 10.2. The molecule has 2 amide bonds. The van der Waals surface area contributed by atoms with Crippen LogP contribution in [0.4, 0.5) is 10.1 Å². The minimum Gasteiger partial charge on any atom is -0.354 e. The third kappa shape index (κ3) is 8.21. The van der Waals surface area contributed by atoms with Gasteiger partial charge in [-0.1, -0.05) is 61.7 Å². The summed E-state index contributed by atoms with van der Waals surface area (Å²) in [4.78, 5) is 27.9. The molecule has 10 heteroatoms. The van der Waals surface area contributed by atoms with Gasteiger partial charge in [0.25, 0.3) is 0 Å². The number of aryl methyl sites for hydroxylation is 1. The van der Waals surface area contributed by atoms with E-state index in [4.69, 9.17) is 11.6 Å². The molecule has 0 saturated heterocycles. The molecule has 1 atom stereocenters. The monoisotopic (exact) mass is 525 g/mol. The maximum absolute atomic E-state index is 13.7. The van der Waals surface area contributed by atoms with E-state index < -0.39 is 34.3 Å². The predicted octanol–water partition coefficient (Wildman–Crippen LogP) is 4.28. The van der Waals surface area contributed by atoms with Gasteiger partial charge in [-0.25, -0.2) is 12.8 Å². The second-order valence-corrected chi connectivity index (χ2v) is 10.8. The molecule has 1 N–H and O–H groups in total. The summed E-state index contributed by atoms with van der Waals surface area (Å²) in [5.41, 5.74) is 1.91. The number of carbonyl (C=O) groups is 2. The van der Waals surface area contributed by atoms with E-state index in [0.29, 0.717) is 13.0 Å². The lowest BCUT2D eigenvalue weighted by molar-refractivity contribution is -0.140. The quantitative estimate of drug-likeness (QED) is 0.419. The summed E-state index contributed by atoms with van der Waals surface area (Å²) in [5, 5.41) is 2.61. The molecule has 0 spiro atoms. The molecule has 2 aromatic carbocycles. The van der Waals surface area contributed by atoms with Crippen molar-refractivity contribution in [2.75, 3.05) is 23.7 Å². The molecular formula is C25H33ClFN3O4S. The van der Waals surface area contributed by atoms with Crippen molar-refractivity contribution in [1.82, 2.24) is 10.2 Å². The van der Waals surface area contributed by atoms with Gasteiger partial charge in [0.1, 0.15) is 18.4 Å². The molecule has 0 aliphatic carbocycles. The summed E-state index contributed by atoms with van der Waals surface area (Å²) in [6.45, 7) is 5.81. The number of rotatable bonds is 12. The first kappa shape index (κ1) is 28.6. The van der Waals surface area contributed by atoms with Crippen molar-refractivity contribution >= 4 is 39.1 Å². The Labute approximate surface area is 212 Å². The molecular weight excluding hydrogens is 493 g/mol. The van der Waals surface area contributed by atoms with Gasteiger partial charge in [-0.05, 0) is 43.5 Å². The highest BCUT2D eigenvalue weighted by Crippen LogP contribution is 2.25. The first-order valence-corrected chi connectivity index (χ1v) is 13.8. The molecule has 0 bridgehead atoms. The number of amides is 2. The van der Waals surface area contributed by atoms with Gasteiger partial charge >= 0.3 is 0 Å². The van der Waals surface area contributed by atoms with Gasteiger partial charge in [-0.3, -0.25) is 13.9 Å². The zero-order chi connectivity index (χ0) is 26.2. The fourth-order valence-corrected chi connectivity index (χ4v) is 4.59. The normalized spacial score (nSPS) is 12.2. The number of hydrogen-bond donors (Lipinski definition) is 1. The van der Waals surface area contributed by atoms with Gasteiger partial charge in [0.2, 0.25) is 21.8 Å². The third-order valence-corrected chi connectivity index (χ3v) is 6.99. The maximum atomic E-state index is 13.7. The fraction of sp³-hybridized carbons (Fsp3) is 0.440. The van der Waals surface area contributed by atoms with Crippen LogP contribution in [0.3, 0.4) is 0 Å². The van der Waals surface area contributed by atoms with Crippen LogP contribution in [-0.4, -0.2) is 50.5 Å². The van der Waals surface area contributed by atoms with Crippen molar-refractivity contribution in [1.29, 1.82) is 0 Å². The topological polar surface area (TPSA) is 86.8 Å². The van der Waals surface area contributed by atoms with E-state index in [1.165, 1.54) is 11.0 Å². The fourth-order valence-electron chi connectivity index (χ4n) is 3.57. The van der Waals surface area contributed by atoms with E-state index >= 15 is 0 Å². The molecule has 0 aliphatic rings. The van der Waals surface area contributed by atoms with Crippen molar-refractivity contribution in [2.45, 2.75) is 52.6 Å². The zero-order valence-electron chi connectivity index (χ0n) is 20.6. The van der Waals surface area contributed by atoms with Gasteiger partial charge < -0.3 is 10.2 Å². The van der Waals surface area contributed by atoms with Crippen molar-refractivity contribution < 1.29 is 22.4 Å². The predicted molar refractivity (Wildman–Crippen MR) is 137 cm³/mol. The highest BCUT2D eigenvalue weighted by atomic mass is 35.5. The molecule has 0 unspecified atom stereocenters. The van der Waals surface area contributed by atoms with Gasteiger partial charge in [-0.2, -0.15) is 0 Å². The Morgan fingerprint density at radius 3 is 2.31 bits per heavy atom. The van der Waals surface area contributed by atoms with Crippen molar-refractivity contribution in [3.8, 4) is 0 Å². The number of benzene rings is 2. The van der Waals surface area contributed by atoms with Gasteiger partial charge in [0, 0.05) is 13.1 Å². The number of sulfonamides is 1. The van der Waals surface area contributed by atoms with Crippen molar-refractivity contribution in [2.24, 2.45) is 0 Å². The van der Waals surface area contributed by atoms with Crippen LogP contribution in [0.15, 0.2) is 42.5 Å². The Balaban J connectivity index is 2.41. The van der Waals surface area contributed by atoms with E-state index in [9.17, 15) is 22.4 Å². The Morgan fingerprint density at radius 1 is 1.11 bits per heavy atom. The van der Waals surface area contributed by atoms with Crippen LogP contribution in [0.25, 0.3) is 0 Å². The maximum Gasteiger partial charge on any atom is 0.244 e. The number of nitrogens with zero attached hydrogens (tertiary/aromatic N) is 2. The lowest BCUT2D eigenvalue weighted by Crippen LogP contribution is -2.52. The lowest BCUT2D eigenvalue weighted by Gasteiger charge is -2.33. The average Bonchev–Trinajstić information content (AvgIpc) is 2.80. The summed E-state index contributed by atoms with van der Waals surface area (Å²) in [6.07, 6.45) is 3.02. The molecule has 0 radical (unpaired) electrons. The van der Waals surface area contributed by atoms with Crippen LogP contribution in [0.5, 0.6) is 0 Å². The van der Waals surface area contributed by atoms with Crippen LogP contribution in [0.1, 0.15) is 44.2 Å². The summed E-state index contributed by atoms with van der Waals surface area (Å²) in [5.74, 6) is -1.56. The zero-order valence-corrected chi connectivity index (χ0v) is 22.1. The van der Waals surface area contributed by atoms with E-state index in [1.54, 1.807) is 6.92 Å². The SMILES string of the molecule is CCCCNC(=O)[C@@H](CC)N(Cc1ccc(C)cc1)C(=O)CN(c1ccc(F)c(Cl)c1)S(C)(=O)=O. The molecule has 2 rings (SSSR count). The third-order valence-electron chi connectivity index (χ3n) is 5.56. The molecule has 35 heavy (non-hydrogen) atoms. The van der Waals surface area contributed by atoms with Gasteiger partial charge in [-0.15, -0.1) is 0 Å². The van der Waals surface area contributed by atoms with Gasteiger partial charge in [0.05, 0.1) is 17.0 Å². The molecule has 0 aromatic heterocycles. The lowest BCUT2D eigenvalue weighted by atomic mass is 10.1. The molecule has 192 valence electrons. The number of nitrogens with one attached hydrogen (secondary N) is 1. The number of anilines is 1. The van der Waals surface area contributed by atoms with E-state index in [2.05, 4.69) is 5.32 Å². The largest absolute Gasteiger partial charge is 0.354 e. The van der Waals surface area contributed by atoms with E-state index in [1.807, 2.05) is 38.1 Å². The van der Waals surface area contributed by atoms with Gasteiger partial charge in [0.15, 0.2) is 0 Å². The summed E-state index contributed by atoms with van der Waals surface area (Å²) >= 11 is 5.86. The Bertz CT molecular complexity index is 1130. The molecule has 0 aliphatic heterocycles. The minimum absolute atomic E-state index is 0.0583. The first-order chi connectivity index (χ1) is 16.5. The smallest absolute Gasteiger partial charge is 0.244 e. The molecule has 0 heterocycles. The minimum atomic E-state index is -3.92. The van der Waals surface area contributed by atoms with Crippen molar-refractivity contribution in [3.63, 3.8) is 0 Å². The summed E-state index contributed by atoms with van der Waals surface area (Å²) in [7, 11) is -3.92. The average molecular weight is 526 g/mol. The van der Waals surface area contributed by atoms with E-state index in [-0.39, 0.29) is 23.2 Å². The van der Waals surface area contributed by atoms with Crippen LogP contribution in [-0.2, 0) is 26.2 Å². The summed E-state index contributed by atoms with van der Waals surface area (Å²) < 4.78 is 39.7. The molecule has 0 saturated carbocycles. The van der Waals surface area contributed by atoms with Crippen LogP contribution < -0.4 is 9.62 Å². The number of unbranched alkanes of at least 4 members (excludes halogenated alkanes) is 1. The number of hydrogen-bond acceptors (Lipinski definition) is 4. The Hall–Kier alpha value is -2.65. The second-order valence-electron chi connectivity index (χ2n) is 8.44. The Kier molecular flexibility index (Phi) is 10.5. The van der Waals surface area contributed by atoms with Crippen LogP contribution in [0.2, 0.25) is 5.02 Å². The van der Waals surface area contributed by atoms with Crippen LogP contribution >= 0.6 is 11.6 Å². The highest BCUT2D eigenvalue weighted by molar-refractivity contribution is 7.92. The number of halogens is 2. The second kappa shape index (κ2) is 12.9. The Morgan fingerprint density at radius 2 is 1.77 bits per heavy atom.